The molecule has 0 spiro atoms. The number of carbonyl (C=O) groups is 1. The molecule has 7 nitrogen and oxygen atoms in total. The maximum absolute atomic E-state index is 11.3. The molecule has 0 bridgehead atoms. The summed E-state index contributed by atoms with van der Waals surface area (Å²) < 4.78 is 26.8. The van der Waals surface area contributed by atoms with E-state index in [9.17, 15) is 15.0 Å². The lowest BCUT2D eigenvalue weighted by Crippen LogP contribution is -2.60. The number of ether oxygens (including phenoxy) is 3. The van der Waals surface area contributed by atoms with Gasteiger partial charge in [-0.2, -0.15) is 0 Å². The van der Waals surface area contributed by atoms with E-state index < -0.39 is 45.5 Å². The van der Waals surface area contributed by atoms with Gasteiger partial charge in [0, 0.05) is 5.92 Å². The fraction of sp³-hybridized carbons (Fsp3) is 0.410. The molecule has 1 aliphatic carbocycles. The largest absolute Gasteiger partial charge is 0.479 e. The predicted octanol–water partition coefficient (Wildman–Crippen LogP) is 6.07. The Morgan fingerprint density at radius 1 is 1.04 bits per heavy atom. The Hall–Kier alpha value is -3.85. The molecule has 1 aliphatic heterocycles. The molecule has 1 saturated carbocycles. The smallest absolute Gasteiger partial charge is 0.341 e. The molecule has 1 heterocycles. The number of hydrogen-bond acceptors (Lipinski definition) is 6. The first kappa shape index (κ1) is 34.5. The zero-order valence-corrected chi connectivity index (χ0v) is 29.1. The average molecular weight is 657 g/mol. The first-order valence-electron chi connectivity index (χ1n) is 16.6. The van der Waals surface area contributed by atoms with Crippen LogP contribution >= 0.6 is 0 Å². The summed E-state index contributed by atoms with van der Waals surface area (Å²) >= 11 is 0. The third-order valence-corrected chi connectivity index (χ3v) is 11.8. The summed E-state index contributed by atoms with van der Waals surface area (Å²) in [5.74, 6) is 0.0475. The minimum absolute atomic E-state index is 0.0723. The Balaban J connectivity index is 1.62. The van der Waals surface area contributed by atoms with Crippen molar-refractivity contribution in [2.75, 3.05) is 6.61 Å². The molecule has 0 unspecified atom stereocenters. The maximum atomic E-state index is 11.3. The highest BCUT2D eigenvalue weighted by Gasteiger charge is 2.63. The van der Waals surface area contributed by atoms with Gasteiger partial charge in [-0.3, -0.25) is 0 Å². The van der Waals surface area contributed by atoms with E-state index in [0.717, 1.165) is 35.2 Å². The lowest BCUT2D eigenvalue weighted by molar-refractivity contribution is -0.139. The fourth-order valence-corrected chi connectivity index (χ4v) is 9.51. The lowest BCUT2D eigenvalue weighted by Gasteiger charge is -2.46. The van der Waals surface area contributed by atoms with Crippen LogP contribution in [-0.2, 0) is 9.22 Å². The Labute approximate surface area is 280 Å². The summed E-state index contributed by atoms with van der Waals surface area (Å²) in [5.41, 5.74) is -0.200. The van der Waals surface area contributed by atoms with Crippen molar-refractivity contribution in [1.82, 2.24) is 0 Å². The number of rotatable bonds is 14. The Morgan fingerprint density at radius 2 is 1.70 bits per heavy atom. The van der Waals surface area contributed by atoms with Crippen molar-refractivity contribution in [2.45, 2.75) is 83.7 Å². The molecule has 2 aliphatic rings. The molecule has 1 fully saturated rings. The SMILES string of the molecule is C=C(CCCC)C[C@H](O)C=C[C@]1(O[SiH](c2ccccc2)c2ccccc2)[C@@H]2Oc3cccc(OCC(=O)O)c3O[C@H]2C[C@@H]1C(C)(C)C. The van der Waals surface area contributed by atoms with Crippen LogP contribution in [0.5, 0.6) is 17.2 Å². The number of benzene rings is 3. The first-order valence-corrected chi connectivity index (χ1v) is 18.3. The van der Waals surface area contributed by atoms with Gasteiger partial charge in [-0.1, -0.05) is 125 Å². The molecule has 3 aromatic carbocycles. The van der Waals surface area contributed by atoms with E-state index in [4.69, 9.17) is 18.6 Å². The van der Waals surface area contributed by atoms with E-state index in [0.29, 0.717) is 30.1 Å². The second-order valence-electron chi connectivity index (χ2n) is 13.8. The monoisotopic (exact) mass is 656 g/mol. The fourth-order valence-electron chi connectivity index (χ4n) is 6.93. The van der Waals surface area contributed by atoms with Crippen LogP contribution < -0.4 is 24.6 Å². The third kappa shape index (κ3) is 8.00. The standard InChI is InChI=1S/C39H48O7Si/c1-6-7-15-27(2)24-28(40)22-23-39(46-47(29-16-10-8-11-17-29)30-18-12-9-13-19-30)34(38(3,4)5)25-33-37(39)45-32-21-14-20-31(36(32)44-33)43-26-35(41)42/h8-14,16-23,28,33-34,37,40,47H,2,6-7,15,24-26H2,1,3-5H3,(H,41,42)/t28-,33+,34-,37-,39-/m1/s1. The maximum Gasteiger partial charge on any atom is 0.341 e. The molecular weight excluding hydrogens is 609 g/mol. The van der Waals surface area contributed by atoms with Gasteiger partial charge in [-0.25, -0.2) is 4.79 Å². The van der Waals surface area contributed by atoms with E-state index in [1.54, 1.807) is 12.1 Å². The first-order chi connectivity index (χ1) is 22.5. The highest BCUT2D eigenvalue weighted by atomic mass is 28.3. The van der Waals surface area contributed by atoms with E-state index >= 15 is 0 Å². The number of aliphatic hydroxyl groups excluding tert-OH is 1. The van der Waals surface area contributed by atoms with Crippen LogP contribution in [0, 0.1) is 11.3 Å². The molecule has 5 rings (SSSR count). The van der Waals surface area contributed by atoms with Crippen molar-refractivity contribution in [3.63, 3.8) is 0 Å². The number of aliphatic carboxylic acids is 1. The molecule has 0 aromatic heterocycles. The topological polar surface area (TPSA) is 94.5 Å². The summed E-state index contributed by atoms with van der Waals surface area (Å²) in [6.45, 7) is 12.5. The molecule has 3 aromatic rings. The zero-order chi connectivity index (χ0) is 33.6. The number of carboxylic acid groups (broad SMARTS) is 1. The molecular formula is C39H48O7Si. The summed E-state index contributed by atoms with van der Waals surface area (Å²) in [6.07, 6.45) is 6.32. The molecule has 250 valence electrons. The summed E-state index contributed by atoms with van der Waals surface area (Å²) in [6, 6.07) is 26.0. The van der Waals surface area contributed by atoms with Crippen molar-refractivity contribution in [3.05, 3.63) is 103 Å². The van der Waals surface area contributed by atoms with Crippen LogP contribution in [0.4, 0.5) is 0 Å². The zero-order valence-electron chi connectivity index (χ0n) is 27.9. The van der Waals surface area contributed by atoms with Crippen molar-refractivity contribution in [2.24, 2.45) is 11.3 Å². The van der Waals surface area contributed by atoms with Gasteiger partial charge in [-0.15, -0.1) is 0 Å². The average Bonchev–Trinajstić information content (AvgIpc) is 3.37. The predicted molar refractivity (Wildman–Crippen MR) is 188 cm³/mol. The second kappa shape index (κ2) is 14.9. The van der Waals surface area contributed by atoms with Gasteiger partial charge in [0.1, 0.15) is 11.7 Å². The number of fused-ring (bicyclic) bond motifs is 2. The normalized spacial score (nSPS) is 22.6. The van der Waals surface area contributed by atoms with Gasteiger partial charge in [0.05, 0.1) is 6.10 Å². The summed E-state index contributed by atoms with van der Waals surface area (Å²) in [4.78, 5) is 11.3. The summed E-state index contributed by atoms with van der Waals surface area (Å²) in [5, 5.41) is 22.8. The molecule has 2 N–H and O–H groups in total. The number of aliphatic hydroxyl groups is 1. The van der Waals surface area contributed by atoms with Crippen LogP contribution in [0.2, 0.25) is 0 Å². The van der Waals surface area contributed by atoms with Gasteiger partial charge >= 0.3 is 5.97 Å². The van der Waals surface area contributed by atoms with Crippen LogP contribution in [0.3, 0.4) is 0 Å². The molecule has 0 radical (unpaired) electrons. The Morgan fingerprint density at radius 3 is 2.30 bits per heavy atom. The van der Waals surface area contributed by atoms with Gasteiger partial charge < -0.3 is 28.8 Å². The van der Waals surface area contributed by atoms with Crippen LogP contribution in [0.15, 0.2) is 103 Å². The van der Waals surface area contributed by atoms with Crippen molar-refractivity contribution in [1.29, 1.82) is 0 Å². The number of hydrogen-bond donors (Lipinski definition) is 2. The third-order valence-electron chi connectivity index (χ3n) is 9.14. The van der Waals surface area contributed by atoms with Crippen molar-refractivity contribution in [3.8, 4) is 17.2 Å². The number of unbranched alkanes of at least 4 members (excludes halogenated alkanes) is 1. The summed E-state index contributed by atoms with van der Waals surface area (Å²) in [7, 11) is -2.35. The van der Waals surface area contributed by atoms with Gasteiger partial charge in [0.15, 0.2) is 24.2 Å². The van der Waals surface area contributed by atoms with E-state index in [2.05, 4.69) is 64.6 Å². The number of carboxylic acids is 1. The van der Waals surface area contributed by atoms with Crippen molar-refractivity contribution < 1.29 is 33.6 Å². The molecule has 0 saturated heterocycles. The molecule has 47 heavy (non-hydrogen) atoms. The van der Waals surface area contributed by atoms with Gasteiger partial charge in [0.25, 0.3) is 0 Å². The van der Waals surface area contributed by atoms with E-state index in [-0.39, 0.29) is 11.3 Å². The lowest BCUT2D eigenvalue weighted by atomic mass is 9.71. The van der Waals surface area contributed by atoms with Gasteiger partial charge in [-0.05, 0) is 53.6 Å². The molecule has 0 amide bonds. The highest BCUT2D eigenvalue weighted by Crippen LogP contribution is 2.55. The quantitative estimate of drug-likeness (QED) is 0.161. The molecule has 5 atom stereocenters. The number of para-hydroxylation sites is 1. The van der Waals surface area contributed by atoms with Gasteiger partial charge in [0.2, 0.25) is 14.8 Å². The Kier molecular flexibility index (Phi) is 10.9. The highest BCUT2D eigenvalue weighted by molar-refractivity contribution is 6.80. The minimum Gasteiger partial charge on any atom is -0.479 e. The van der Waals surface area contributed by atoms with Crippen LogP contribution in [0.25, 0.3) is 0 Å². The second-order valence-corrected chi connectivity index (χ2v) is 16.1. The molecule has 8 heteroatoms. The minimum atomic E-state index is -2.35. The van der Waals surface area contributed by atoms with E-state index in [1.807, 2.05) is 48.5 Å². The van der Waals surface area contributed by atoms with E-state index in [1.165, 1.54) is 0 Å². The van der Waals surface area contributed by atoms with Crippen LogP contribution in [-0.4, -0.2) is 55.7 Å². The van der Waals surface area contributed by atoms with Crippen molar-refractivity contribution >= 4 is 25.4 Å². The Bertz CT molecular complexity index is 1490. The van der Waals surface area contributed by atoms with Crippen LogP contribution in [0.1, 0.15) is 59.8 Å².